The van der Waals surface area contributed by atoms with Crippen LogP contribution in [-0.2, 0) is 0 Å². The minimum atomic E-state index is 0.220. The van der Waals surface area contributed by atoms with E-state index in [9.17, 15) is 5.11 Å². The molecule has 13 heavy (non-hydrogen) atoms. The number of aromatic hydroxyl groups is 1. The van der Waals surface area contributed by atoms with Crippen molar-refractivity contribution in [1.82, 2.24) is 0 Å². The lowest BCUT2D eigenvalue weighted by Crippen LogP contribution is -1.92. The maximum Gasteiger partial charge on any atom is 0.126 e. The van der Waals surface area contributed by atoms with Gasteiger partial charge in [-0.3, -0.25) is 0 Å². The molecule has 3 N–H and O–H groups in total. The van der Waals surface area contributed by atoms with Crippen LogP contribution in [0.15, 0.2) is 24.3 Å². The topological polar surface area (TPSA) is 55.5 Å². The van der Waals surface area contributed by atoms with Crippen LogP contribution in [-0.4, -0.2) is 18.8 Å². The number of hydrogen-bond acceptors (Lipinski definition) is 3. The van der Waals surface area contributed by atoms with E-state index in [-0.39, 0.29) is 5.75 Å². The number of rotatable bonds is 3. The van der Waals surface area contributed by atoms with Crippen molar-refractivity contribution < 1.29 is 9.84 Å². The van der Waals surface area contributed by atoms with E-state index in [0.29, 0.717) is 6.54 Å². The van der Waals surface area contributed by atoms with Gasteiger partial charge in [-0.05, 0) is 18.2 Å². The highest BCUT2D eigenvalue weighted by Crippen LogP contribution is 2.24. The molecule has 0 unspecified atom stereocenters. The molecule has 0 aliphatic carbocycles. The van der Waals surface area contributed by atoms with E-state index in [0.717, 1.165) is 11.3 Å². The zero-order valence-electron chi connectivity index (χ0n) is 7.53. The van der Waals surface area contributed by atoms with Gasteiger partial charge in [-0.25, -0.2) is 0 Å². The lowest BCUT2D eigenvalue weighted by Gasteiger charge is -2.04. The monoisotopic (exact) mass is 179 g/mol. The third-order valence-electron chi connectivity index (χ3n) is 1.65. The molecule has 70 valence electrons. The summed E-state index contributed by atoms with van der Waals surface area (Å²) in [4.78, 5) is 0. The molecule has 0 fully saturated rings. The lowest BCUT2D eigenvalue weighted by atomic mass is 10.2. The van der Waals surface area contributed by atoms with Crippen LogP contribution in [0, 0.1) is 0 Å². The van der Waals surface area contributed by atoms with E-state index >= 15 is 0 Å². The van der Waals surface area contributed by atoms with Gasteiger partial charge in [0.05, 0.1) is 7.11 Å². The molecule has 0 aliphatic heterocycles. The van der Waals surface area contributed by atoms with Crippen LogP contribution in [0.4, 0.5) is 0 Å². The molecule has 3 nitrogen and oxygen atoms in total. The van der Waals surface area contributed by atoms with Gasteiger partial charge in [0.2, 0.25) is 0 Å². The van der Waals surface area contributed by atoms with Crippen LogP contribution in [0.5, 0.6) is 11.5 Å². The molecule has 1 aromatic carbocycles. The molecule has 0 bridgehead atoms. The summed E-state index contributed by atoms with van der Waals surface area (Å²) in [6, 6.07) is 4.93. The first-order valence-corrected chi connectivity index (χ1v) is 4.01. The van der Waals surface area contributed by atoms with Gasteiger partial charge >= 0.3 is 0 Å². The Kier molecular flexibility index (Phi) is 3.34. The first-order valence-electron chi connectivity index (χ1n) is 4.01. The van der Waals surface area contributed by atoms with Crippen molar-refractivity contribution in [2.24, 2.45) is 5.73 Å². The van der Waals surface area contributed by atoms with Crippen LogP contribution in [0.3, 0.4) is 0 Å². The Morgan fingerprint density at radius 3 is 2.92 bits per heavy atom. The van der Waals surface area contributed by atoms with Crippen molar-refractivity contribution in [3.8, 4) is 11.5 Å². The molecule has 0 amide bonds. The molecule has 0 spiro atoms. The maximum atomic E-state index is 9.21. The van der Waals surface area contributed by atoms with Gasteiger partial charge < -0.3 is 15.6 Å². The van der Waals surface area contributed by atoms with Crippen molar-refractivity contribution in [2.45, 2.75) is 0 Å². The summed E-state index contributed by atoms with van der Waals surface area (Å²) in [5.74, 6) is 0.944. The molecule has 0 atom stereocenters. The normalized spacial score (nSPS) is 10.6. The molecule has 0 aromatic heterocycles. The quantitative estimate of drug-likeness (QED) is 0.736. The van der Waals surface area contributed by atoms with Gasteiger partial charge in [0.1, 0.15) is 11.5 Å². The largest absolute Gasteiger partial charge is 0.508 e. The van der Waals surface area contributed by atoms with Crippen LogP contribution in [0.1, 0.15) is 5.56 Å². The number of benzene rings is 1. The summed E-state index contributed by atoms with van der Waals surface area (Å²) in [7, 11) is 1.59. The second-order valence-electron chi connectivity index (χ2n) is 2.56. The predicted octanol–water partition coefficient (Wildman–Crippen LogP) is 1.37. The van der Waals surface area contributed by atoms with Crippen molar-refractivity contribution in [3.05, 3.63) is 29.8 Å². The predicted molar refractivity (Wildman–Crippen MR) is 52.7 cm³/mol. The first-order chi connectivity index (χ1) is 6.27. The number of ether oxygens (including phenoxy) is 1. The Morgan fingerprint density at radius 2 is 2.31 bits per heavy atom. The fraction of sp³-hybridized carbons (Fsp3) is 0.200. The summed E-state index contributed by atoms with van der Waals surface area (Å²) in [6.45, 7) is 0.471. The lowest BCUT2D eigenvalue weighted by molar-refractivity contribution is 0.411. The Balaban J connectivity index is 3.01. The number of methoxy groups -OCH3 is 1. The molecule has 0 saturated heterocycles. The summed E-state index contributed by atoms with van der Waals surface area (Å²) >= 11 is 0. The number of nitrogens with two attached hydrogens (primary N) is 1. The third kappa shape index (κ3) is 2.49. The van der Waals surface area contributed by atoms with Crippen LogP contribution in [0.25, 0.3) is 6.08 Å². The molecule has 1 rings (SSSR count). The molecule has 0 radical (unpaired) electrons. The fourth-order valence-electron chi connectivity index (χ4n) is 1.05. The van der Waals surface area contributed by atoms with Gasteiger partial charge in [-0.2, -0.15) is 0 Å². The van der Waals surface area contributed by atoms with Gasteiger partial charge in [0.15, 0.2) is 0 Å². The minimum absolute atomic E-state index is 0.220. The smallest absolute Gasteiger partial charge is 0.126 e. The fourth-order valence-corrected chi connectivity index (χ4v) is 1.05. The molecular weight excluding hydrogens is 166 g/mol. The standard InChI is InChI=1S/C10H13NO2/c1-13-10-5-4-9(12)7-8(10)3-2-6-11/h2-5,7,12H,6,11H2,1H3/b3-2+. The molecular formula is C10H13NO2. The zero-order valence-corrected chi connectivity index (χ0v) is 7.53. The Bertz CT molecular complexity index is 308. The van der Waals surface area contributed by atoms with E-state index < -0.39 is 0 Å². The molecule has 0 heterocycles. The molecule has 0 aliphatic rings. The van der Waals surface area contributed by atoms with Crippen molar-refractivity contribution in [1.29, 1.82) is 0 Å². The zero-order chi connectivity index (χ0) is 9.68. The van der Waals surface area contributed by atoms with Gasteiger partial charge in [0.25, 0.3) is 0 Å². The van der Waals surface area contributed by atoms with E-state index in [1.54, 1.807) is 31.4 Å². The summed E-state index contributed by atoms with van der Waals surface area (Å²) in [5, 5.41) is 9.21. The second-order valence-corrected chi connectivity index (χ2v) is 2.56. The molecule has 3 heteroatoms. The van der Waals surface area contributed by atoms with E-state index in [1.807, 2.05) is 6.08 Å². The average molecular weight is 179 g/mol. The highest BCUT2D eigenvalue weighted by atomic mass is 16.5. The Morgan fingerprint density at radius 1 is 1.54 bits per heavy atom. The van der Waals surface area contributed by atoms with Crippen LogP contribution in [0.2, 0.25) is 0 Å². The van der Waals surface area contributed by atoms with Crippen molar-refractivity contribution >= 4 is 6.08 Å². The van der Waals surface area contributed by atoms with Crippen LogP contribution < -0.4 is 10.5 Å². The van der Waals surface area contributed by atoms with Crippen molar-refractivity contribution in [3.63, 3.8) is 0 Å². The molecule has 1 aromatic rings. The van der Waals surface area contributed by atoms with Gasteiger partial charge in [-0.1, -0.05) is 12.2 Å². The van der Waals surface area contributed by atoms with E-state index in [1.165, 1.54) is 0 Å². The number of phenols is 1. The van der Waals surface area contributed by atoms with Gasteiger partial charge in [0, 0.05) is 12.1 Å². The highest BCUT2D eigenvalue weighted by Gasteiger charge is 1.99. The van der Waals surface area contributed by atoms with Crippen LogP contribution >= 0.6 is 0 Å². The van der Waals surface area contributed by atoms with Gasteiger partial charge in [-0.15, -0.1) is 0 Å². The second kappa shape index (κ2) is 4.52. The minimum Gasteiger partial charge on any atom is -0.508 e. The number of phenolic OH excluding ortho intramolecular Hbond substituents is 1. The summed E-state index contributed by atoms with van der Waals surface area (Å²) in [5.41, 5.74) is 6.14. The Labute approximate surface area is 77.4 Å². The summed E-state index contributed by atoms with van der Waals surface area (Å²) in [6.07, 6.45) is 3.62. The van der Waals surface area contributed by atoms with E-state index in [2.05, 4.69) is 0 Å². The van der Waals surface area contributed by atoms with Crippen molar-refractivity contribution in [2.75, 3.05) is 13.7 Å². The highest BCUT2D eigenvalue weighted by molar-refractivity contribution is 5.59. The SMILES string of the molecule is COc1ccc(O)cc1/C=C/CN. The average Bonchev–Trinajstić information content (AvgIpc) is 2.15. The Hall–Kier alpha value is -1.48. The first kappa shape index (κ1) is 9.61. The number of hydrogen-bond donors (Lipinski definition) is 2. The van der Waals surface area contributed by atoms with E-state index in [4.69, 9.17) is 10.5 Å². The molecule has 0 saturated carbocycles. The third-order valence-corrected chi connectivity index (χ3v) is 1.65. The maximum absolute atomic E-state index is 9.21. The summed E-state index contributed by atoms with van der Waals surface area (Å²) < 4.78 is 5.09.